The van der Waals surface area contributed by atoms with Gasteiger partial charge in [-0.15, -0.1) is 0 Å². The fraction of sp³-hybridized carbons (Fsp3) is 0.714. The van der Waals surface area contributed by atoms with Gasteiger partial charge in [0.15, 0.2) is 6.29 Å². The van der Waals surface area contributed by atoms with Crippen molar-refractivity contribution in [3.8, 4) is 0 Å². The van der Waals surface area contributed by atoms with Gasteiger partial charge in [0.25, 0.3) is 0 Å². The van der Waals surface area contributed by atoms with E-state index in [4.69, 9.17) is 23.9 Å². The van der Waals surface area contributed by atoms with Crippen LogP contribution in [0.4, 0.5) is 0 Å². The number of aliphatic hydroxyl groups is 4. The molecule has 0 aromatic heterocycles. The van der Waals surface area contributed by atoms with Crippen molar-refractivity contribution in [3.05, 3.63) is 11.8 Å². The number of hydrogen-bond donors (Lipinski definition) is 7. The quantitative estimate of drug-likeness (QED) is 0.179. The molecule has 1 fully saturated rings. The lowest BCUT2D eigenvalue weighted by atomic mass is 9.96. The number of carbonyl (C=O) groups is 2. The van der Waals surface area contributed by atoms with Crippen molar-refractivity contribution in [2.45, 2.75) is 56.1 Å². The molecule has 8 atom stereocenters. The number of nitrogens with one attached hydrogen (secondary N) is 1. The molecular weight excluding hydrogens is 438 g/mol. The van der Waals surface area contributed by atoms with E-state index in [-0.39, 0.29) is 0 Å². The summed E-state index contributed by atoms with van der Waals surface area (Å²) in [6, 6.07) is -1.49. The zero-order valence-corrected chi connectivity index (χ0v) is 16.1. The number of carboxylic acid groups (broad SMARTS) is 1. The number of aliphatic carboxylic acids is 1. The standard InChI is InChI=1S/C14H21NO14S/c1-4(16)15-8-11(10(19)7(27-13(8)22)3-26-30(23,24)25)29-14-9(18)5(17)2-6(28-14)12(20)21/h2,5,7-11,13-14,17-19,22H,3H2,1H3,(H,15,16)(H,20,21)(H,23,24,25)/t5-,7+,8+,9+,10-,11+,13-,14+/m0/s1. The molecule has 2 rings (SSSR count). The molecular formula is C14H21NO14S. The Balaban J connectivity index is 2.26. The molecule has 2 heterocycles. The zero-order valence-electron chi connectivity index (χ0n) is 15.3. The van der Waals surface area contributed by atoms with Crippen LogP contribution in [-0.2, 0) is 38.4 Å². The van der Waals surface area contributed by atoms with Crippen molar-refractivity contribution in [1.82, 2.24) is 5.32 Å². The summed E-state index contributed by atoms with van der Waals surface area (Å²) in [4.78, 5) is 22.5. The van der Waals surface area contributed by atoms with Crippen LogP contribution in [-0.4, -0.2) is 106 Å². The number of carbonyl (C=O) groups excluding carboxylic acids is 1. The smallest absolute Gasteiger partial charge is 0.397 e. The summed E-state index contributed by atoms with van der Waals surface area (Å²) < 4.78 is 49.5. The van der Waals surface area contributed by atoms with Crippen LogP contribution in [0.3, 0.4) is 0 Å². The molecule has 7 N–H and O–H groups in total. The Labute approximate surface area is 169 Å². The molecule has 0 spiro atoms. The zero-order chi connectivity index (χ0) is 22.8. The molecule has 0 unspecified atom stereocenters. The summed E-state index contributed by atoms with van der Waals surface area (Å²) in [5.41, 5.74) is 0. The van der Waals surface area contributed by atoms with Crippen LogP contribution in [0.25, 0.3) is 0 Å². The Morgan fingerprint density at radius 2 is 1.83 bits per heavy atom. The van der Waals surface area contributed by atoms with Crippen LogP contribution in [0.1, 0.15) is 6.92 Å². The van der Waals surface area contributed by atoms with Crippen LogP contribution in [0.5, 0.6) is 0 Å². The number of ether oxygens (including phenoxy) is 3. The Bertz CT molecular complexity index is 784. The lowest BCUT2D eigenvalue weighted by molar-refractivity contribution is -0.301. The van der Waals surface area contributed by atoms with E-state index in [0.717, 1.165) is 6.92 Å². The van der Waals surface area contributed by atoms with E-state index in [1.165, 1.54) is 0 Å². The second kappa shape index (κ2) is 9.50. The van der Waals surface area contributed by atoms with Crippen LogP contribution >= 0.6 is 0 Å². The average molecular weight is 459 g/mol. The third kappa shape index (κ3) is 6.06. The Morgan fingerprint density at radius 1 is 1.20 bits per heavy atom. The third-order valence-corrected chi connectivity index (χ3v) is 4.57. The van der Waals surface area contributed by atoms with Gasteiger partial charge in [-0.25, -0.2) is 8.98 Å². The number of carboxylic acids is 1. The highest BCUT2D eigenvalue weighted by Crippen LogP contribution is 2.28. The number of rotatable bonds is 7. The fourth-order valence-electron chi connectivity index (χ4n) is 2.81. The van der Waals surface area contributed by atoms with Gasteiger partial charge in [0.05, 0.1) is 6.61 Å². The second-order valence-electron chi connectivity index (χ2n) is 6.40. The molecule has 172 valence electrons. The minimum Gasteiger partial charge on any atom is -0.475 e. The maximum atomic E-state index is 11.4. The summed E-state index contributed by atoms with van der Waals surface area (Å²) in [6.45, 7) is 0.0887. The number of aliphatic hydroxyl groups excluding tert-OH is 4. The first-order valence-corrected chi connectivity index (χ1v) is 9.70. The Kier molecular flexibility index (Phi) is 7.72. The summed E-state index contributed by atoms with van der Waals surface area (Å²) >= 11 is 0. The van der Waals surface area contributed by atoms with Crippen molar-refractivity contribution in [3.63, 3.8) is 0 Å². The fourth-order valence-corrected chi connectivity index (χ4v) is 3.11. The molecule has 0 bridgehead atoms. The molecule has 0 radical (unpaired) electrons. The first kappa shape index (κ1) is 24.4. The molecule has 15 nitrogen and oxygen atoms in total. The van der Waals surface area contributed by atoms with Gasteiger partial charge in [0.1, 0.15) is 36.6 Å². The SMILES string of the molecule is CC(=O)N[C@@H]1[C@@H](O[C@H]2OC(C(=O)O)=C[C@H](O)[C@H]2O)[C@@H](O)[C@@H](COS(=O)(=O)O)O[C@@H]1O. The van der Waals surface area contributed by atoms with Crippen molar-refractivity contribution in [1.29, 1.82) is 0 Å². The Hall–Kier alpha value is -1.89. The molecule has 0 aromatic rings. The largest absolute Gasteiger partial charge is 0.475 e. The highest BCUT2D eigenvalue weighted by Gasteiger charge is 2.49. The van der Waals surface area contributed by atoms with E-state index in [2.05, 4.69) is 9.50 Å². The van der Waals surface area contributed by atoms with Crippen LogP contribution in [0.2, 0.25) is 0 Å². The van der Waals surface area contributed by atoms with E-state index in [1.807, 2.05) is 0 Å². The monoisotopic (exact) mass is 459 g/mol. The molecule has 30 heavy (non-hydrogen) atoms. The van der Waals surface area contributed by atoms with E-state index in [1.54, 1.807) is 0 Å². The van der Waals surface area contributed by atoms with Gasteiger partial charge in [-0.1, -0.05) is 0 Å². The molecule has 2 aliphatic rings. The highest BCUT2D eigenvalue weighted by molar-refractivity contribution is 7.80. The topological polar surface area (TPSA) is 239 Å². The van der Waals surface area contributed by atoms with Gasteiger partial charge in [0.2, 0.25) is 18.0 Å². The van der Waals surface area contributed by atoms with E-state index in [0.29, 0.717) is 6.08 Å². The van der Waals surface area contributed by atoms with Crippen molar-refractivity contribution < 1.29 is 66.5 Å². The van der Waals surface area contributed by atoms with Crippen molar-refractivity contribution in [2.24, 2.45) is 0 Å². The van der Waals surface area contributed by atoms with Crippen LogP contribution in [0.15, 0.2) is 11.8 Å². The molecule has 1 amide bonds. The summed E-state index contributed by atoms with van der Waals surface area (Å²) in [5, 5.41) is 51.7. The minimum absolute atomic E-state index is 0.702. The molecule has 0 aliphatic carbocycles. The number of hydrogen-bond acceptors (Lipinski definition) is 12. The van der Waals surface area contributed by atoms with Gasteiger partial charge in [0, 0.05) is 6.92 Å². The molecule has 16 heteroatoms. The normalized spacial score (nSPS) is 37.1. The first-order valence-electron chi connectivity index (χ1n) is 8.34. The lowest BCUT2D eigenvalue weighted by Crippen LogP contribution is -2.66. The second-order valence-corrected chi connectivity index (χ2v) is 7.49. The van der Waals surface area contributed by atoms with Crippen LogP contribution < -0.4 is 5.32 Å². The first-order chi connectivity index (χ1) is 13.8. The van der Waals surface area contributed by atoms with Gasteiger partial charge >= 0.3 is 16.4 Å². The minimum atomic E-state index is -4.93. The predicted molar refractivity (Wildman–Crippen MR) is 89.5 cm³/mol. The van der Waals surface area contributed by atoms with E-state index in [9.17, 15) is 38.4 Å². The summed E-state index contributed by atoms with van der Waals surface area (Å²) in [5.74, 6) is -3.07. The van der Waals surface area contributed by atoms with Crippen molar-refractivity contribution >= 4 is 22.3 Å². The molecule has 2 aliphatic heterocycles. The maximum absolute atomic E-state index is 11.4. The van der Waals surface area contributed by atoms with Gasteiger partial charge < -0.3 is 45.1 Å². The van der Waals surface area contributed by atoms with Gasteiger partial charge in [-0.2, -0.15) is 8.42 Å². The van der Waals surface area contributed by atoms with E-state index >= 15 is 0 Å². The third-order valence-electron chi connectivity index (χ3n) is 4.14. The average Bonchev–Trinajstić information content (AvgIpc) is 2.61. The van der Waals surface area contributed by atoms with Crippen molar-refractivity contribution in [2.75, 3.05) is 6.61 Å². The summed E-state index contributed by atoms with van der Waals surface area (Å²) in [7, 11) is -4.93. The predicted octanol–water partition coefficient (Wildman–Crippen LogP) is -4.18. The van der Waals surface area contributed by atoms with Gasteiger partial charge in [-0.05, 0) is 6.08 Å². The molecule has 1 saturated heterocycles. The highest BCUT2D eigenvalue weighted by atomic mass is 32.3. The molecule has 0 saturated carbocycles. The number of amides is 1. The van der Waals surface area contributed by atoms with Gasteiger partial charge in [-0.3, -0.25) is 9.35 Å². The summed E-state index contributed by atoms with van der Waals surface area (Å²) in [6.07, 6.45) is -11.8. The lowest BCUT2D eigenvalue weighted by Gasteiger charge is -2.44. The van der Waals surface area contributed by atoms with Crippen LogP contribution in [0, 0.1) is 0 Å². The Morgan fingerprint density at radius 3 is 2.37 bits per heavy atom. The molecule has 0 aromatic carbocycles. The maximum Gasteiger partial charge on any atom is 0.397 e. The van der Waals surface area contributed by atoms with E-state index < -0.39 is 83.8 Å².